The van der Waals surface area contributed by atoms with Gasteiger partial charge in [-0.15, -0.1) is 0 Å². The summed E-state index contributed by atoms with van der Waals surface area (Å²) in [6.07, 6.45) is 3.56. The molecular formula is C12H18N2. The van der Waals surface area contributed by atoms with Gasteiger partial charge in [0, 0.05) is 17.3 Å². The lowest BCUT2D eigenvalue weighted by Gasteiger charge is -1.95. The van der Waals surface area contributed by atoms with Gasteiger partial charge in [-0.3, -0.25) is 9.97 Å². The third-order valence-corrected chi connectivity index (χ3v) is 1.63. The Bertz CT molecular complexity index is 383. The van der Waals surface area contributed by atoms with Gasteiger partial charge in [0.2, 0.25) is 0 Å². The topological polar surface area (TPSA) is 25.8 Å². The number of nitrogens with zero attached hydrogens (tertiary/aromatic N) is 2. The minimum Gasteiger partial charge on any atom is -0.262 e. The molecule has 0 aliphatic heterocycles. The molecule has 0 saturated carbocycles. The molecule has 76 valence electrons. The zero-order valence-corrected chi connectivity index (χ0v) is 8.28. The average Bonchev–Trinajstić information content (AvgIpc) is 2.21. The highest BCUT2D eigenvalue weighted by Gasteiger charge is 1.91. The fraction of sp³-hybridized carbons (Fsp3) is 0.333. The van der Waals surface area contributed by atoms with E-state index in [1.807, 2.05) is 32.9 Å². The van der Waals surface area contributed by atoms with E-state index in [0.29, 0.717) is 0 Å². The van der Waals surface area contributed by atoms with Crippen molar-refractivity contribution in [2.75, 3.05) is 0 Å². The summed E-state index contributed by atoms with van der Waals surface area (Å²) in [5.74, 6) is 0. The van der Waals surface area contributed by atoms with Gasteiger partial charge in [0.15, 0.2) is 0 Å². The van der Waals surface area contributed by atoms with Crippen molar-refractivity contribution < 1.29 is 0 Å². The second-order valence-electron chi connectivity index (χ2n) is 2.52. The van der Waals surface area contributed by atoms with Gasteiger partial charge in [-0.05, 0) is 19.1 Å². The fourth-order valence-corrected chi connectivity index (χ4v) is 1.07. The Morgan fingerprint density at radius 1 is 1.07 bits per heavy atom. The summed E-state index contributed by atoms with van der Waals surface area (Å²) in [4.78, 5) is 8.30. The molecular weight excluding hydrogens is 172 g/mol. The van der Waals surface area contributed by atoms with Crippen LogP contribution in [0.3, 0.4) is 0 Å². The molecule has 0 amide bonds. The van der Waals surface area contributed by atoms with Crippen LogP contribution in [-0.2, 0) is 0 Å². The standard InChI is InChI=1S/C9H8N2.C2H6.CH4/c1-7-2-3-8-4-5-10-6-9(8)11-7;1-2;/h2-6H,1H3;1-2H3;1H4. The summed E-state index contributed by atoms with van der Waals surface area (Å²) in [7, 11) is 0. The first-order valence-electron chi connectivity index (χ1n) is 4.53. The molecule has 0 aliphatic rings. The Balaban J connectivity index is 0.000000531. The lowest BCUT2D eigenvalue weighted by atomic mass is 10.2. The molecule has 0 unspecified atom stereocenters. The number of hydrogen-bond acceptors (Lipinski definition) is 2. The van der Waals surface area contributed by atoms with Crippen LogP contribution < -0.4 is 0 Å². The van der Waals surface area contributed by atoms with E-state index in [4.69, 9.17) is 0 Å². The Labute approximate surface area is 86.0 Å². The minimum absolute atomic E-state index is 0. The van der Waals surface area contributed by atoms with E-state index in [2.05, 4.69) is 16.0 Å². The maximum atomic E-state index is 4.31. The van der Waals surface area contributed by atoms with Gasteiger partial charge < -0.3 is 0 Å². The second kappa shape index (κ2) is 6.08. The molecule has 2 nitrogen and oxygen atoms in total. The summed E-state index contributed by atoms with van der Waals surface area (Å²) in [5, 5.41) is 1.14. The lowest BCUT2D eigenvalue weighted by Crippen LogP contribution is -1.82. The molecule has 2 aromatic rings. The van der Waals surface area contributed by atoms with E-state index in [1.165, 1.54) is 0 Å². The first-order chi connectivity index (χ1) is 6.36. The maximum absolute atomic E-state index is 4.31. The number of pyridine rings is 2. The van der Waals surface area contributed by atoms with Gasteiger partial charge in [-0.25, -0.2) is 0 Å². The van der Waals surface area contributed by atoms with Crippen LogP contribution in [0.2, 0.25) is 0 Å². The van der Waals surface area contributed by atoms with E-state index < -0.39 is 0 Å². The summed E-state index contributed by atoms with van der Waals surface area (Å²) in [6, 6.07) is 6.02. The molecule has 0 saturated heterocycles. The van der Waals surface area contributed by atoms with Crippen LogP contribution in [0.25, 0.3) is 10.9 Å². The molecule has 2 rings (SSSR count). The van der Waals surface area contributed by atoms with Crippen molar-refractivity contribution in [3.8, 4) is 0 Å². The number of aromatic nitrogens is 2. The summed E-state index contributed by atoms with van der Waals surface area (Å²) >= 11 is 0. The van der Waals surface area contributed by atoms with Gasteiger partial charge in [-0.2, -0.15) is 0 Å². The molecule has 0 spiro atoms. The highest BCUT2D eigenvalue weighted by molar-refractivity contribution is 5.77. The molecule has 0 N–H and O–H groups in total. The molecule has 2 heterocycles. The SMILES string of the molecule is C.CC.Cc1ccc2ccncc2n1. The molecule has 0 atom stereocenters. The zero-order valence-electron chi connectivity index (χ0n) is 8.28. The van der Waals surface area contributed by atoms with Gasteiger partial charge in [-0.1, -0.05) is 27.3 Å². The maximum Gasteiger partial charge on any atom is 0.0888 e. The van der Waals surface area contributed by atoms with E-state index >= 15 is 0 Å². The molecule has 0 radical (unpaired) electrons. The second-order valence-corrected chi connectivity index (χ2v) is 2.52. The van der Waals surface area contributed by atoms with Crippen LogP contribution >= 0.6 is 0 Å². The van der Waals surface area contributed by atoms with Gasteiger partial charge in [0.1, 0.15) is 0 Å². The van der Waals surface area contributed by atoms with Gasteiger partial charge >= 0.3 is 0 Å². The first kappa shape index (κ1) is 12.6. The van der Waals surface area contributed by atoms with Crippen molar-refractivity contribution in [2.45, 2.75) is 28.2 Å². The van der Waals surface area contributed by atoms with E-state index in [1.54, 1.807) is 12.4 Å². The van der Waals surface area contributed by atoms with Crippen molar-refractivity contribution in [3.05, 3.63) is 36.3 Å². The number of hydrogen-bond donors (Lipinski definition) is 0. The molecule has 2 aromatic heterocycles. The largest absolute Gasteiger partial charge is 0.262 e. The minimum atomic E-state index is 0. The van der Waals surface area contributed by atoms with Crippen molar-refractivity contribution in [1.29, 1.82) is 0 Å². The van der Waals surface area contributed by atoms with Crippen LogP contribution in [0.5, 0.6) is 0 Å². The first-order valence-corrected chi connectivity index (χ1v) is 4.53. The molecule has 14 heavy (non-hydrogen) atoms. The Kier molecular flexibility index (Phi) is 5.46. The van der Waals surface area contributed by atoms with E-state index in [9.17, 15) is 0 Å². The third kappa shape index (κ3) is 2.80. The van der Waals surface area contributed by atoms with Crippen molar-refractivity contribution in [3.63, 3.8) is 0 Å². The highest BCUT2D eigenvalue weighted by atomic mass is 14.7. The highest BCUT2D eigenvalue weighted by Crippen LogP contribution is 2.08. The molecule has 0 bridgehead atoms. The summed E-state index contributed by atoms with van der Waals surface area (Å²) < 4.78 is 0. The predicted octanol–water partition coefficient (Wildman–Crippen LogP) is 3.60. The number of fused-ring (bicyclic) bond motifs is 1. The van der Waals surface area contributed by atoms with E-state index in [-0.39, 0.29) is 7.43 Å². The normalized spacial score (nSPS) is 8.50. The van der Waals surface area contributed by atoms with Crippen LogP contribution in [0.15, 0.2) is 30.6 Å². The predicted molar refractivity (Wildman–Crippen MR) is 62.4 cm³/mol. The third-order valence-electron chi connectivity index (χ3n) is 1.63. The Hall–Kier alpha value is -1.44. The van der Waals surface area contributed by atoms with Crippen LogP contribution in [0.4, 0.5) is 0 Å². The zero-order chi connectivity index (χ0) is 9.68. The molecule has 0 aliphatic carbocycles. The Morgan fingerprint density at radius 3 is 2.50 bits per heavy atom. The molecule has 2 heteroatoms. The number of rotatable bonds is 0. The van der Waals surface area contributed by atoms with E-state index in [0.717, 1.165) is 16.6 Å². The molecule has 0 fully saturated rings. The van der Waals surface area contributed by atoms with Crippen molar-refractivity contribution >= 4 is 10.9 Å². The monoisotopic (exact) mass is 190 g/mol. The van der Waals surface area contributed by atoms with Crippen molar-refractivity contribution in [1.82, 2.24) is 9.97 Å². The summed E-state index contributed by atoms with van der Waals surface area (Å²) in [6.45, 7) is 5.98. The van der Waals surface area contributed by atoms with Gasteiger partial charge in [0.25, 0.3) is 0 Å². The quantitative estimate of drug-likeness (QED) is 0.634. The van der Waals surface area contributed by atoms with Gasteiger partial charge in [0.05, 0.1) is 11.7 Å². The lowest BCUT2D eigenvalue weighted by molar-refractivity contribution is 1.23. The molecule has 0 aromatic carbocycles. The van der Waals surface area contributed by atoms with Crippen LogP contribution in [-0.4, -0.2) is 9.97 Å². The number of aryl methyl sites for hydroxylation is 1. The summed E-state index contributed by atoms with van der Waals surface area (Å²) in [5.41, 5.74) is 2.00. The fourth-order valence-electron chi connectivity index (χ4n) is 1.07. The Morgan fingerprint density at radius 2 is 1.79 bits per heavy atom. The van der Waals surface area contributed by atoms with Crippen LogP contribution in [0, 0.1) is 6.92 Å². The smallest absolute Gasteiger partial charge is 0.0888 e. The average molecular weight is 190 g/mol. The van der Waals surface area contributed by atoms with Crippen molar-refractivity contribution in [2.24, 2.45) is 0 Å². The van der Waals surface area contributed by atoms with Crippen LogP contribution in [0.1, 0.15) is 27.0 Å².